The molecule has 0 radical (unpaired) electrons. The van der Waals surface area contributed by atoms with Crippen LogP contribution in [0, 0.1) is 5.92 Å². The molecular formula is C14H18ClNO2S. The highest BCUT2D eigenvalue weighted by Crippen LogP contribution is 2.38. The number of nitrogens with zero attached hydrogens (tertiary/aromatic N) is 1. The van der Waals surface area contributed by atoms with Crippen LogP contribution in [0.2, 0.25) is 0 Å². The summed E-state index contributed by atoms with van der Waals surface area (Å²) in [5.41, 5.74) is 0.945. The molecule has 2 aliphatic rings. The van der Waals surface area contributed by atoms with E-state index in [4.69, 9.17) is 11.6 Å². The molecule has 0 saturated heterocycles. The maximum atomic E-state index is 12.7. The van der Waals surface area contributed by atoms with Crippen molar-refractivity contribution in [2.75, 3.05) is 6.54 Å². The lowest BCUT2D eigenvalue weighted by Crippen LogP contribution is -2.34. The van der Waals surface area contributed by atoms with Gasteiger partial charge in [-0.3, -0.25) is 0 Å². The van der Waals surface area contributed by atoms with Gasteiger partial charge in [-0.05, 0) is 49.3 Å². The van der Waals surface area contributed by atoms with E-state index in [1.807, 2.05) is 0 Å². The average Bonchev–Trinajstić information content (AvgIpc) is 3.28. The zero-order valence-corrected chi connectivity index (χ0v) is 12.3. The largest absolute Gasteiger partial charge is 0.243 e. The van der Waals surface area contributed by atoms with Crippen LogP contribution in [-0.2, 0) is 15.9 Å². The Kier molecular flexibility index (Phi) is 3.58. The van der Waals surface area contributed by atoms with Crippen molar-refractivity contribution in [3.63, 3.8) is 0 Å². The van der Waals surface area contributed by atoms with E-state index in [1.54, 1.807) is 28.6 Å². The number of sulfonamides is 1. The molecule has 19 heavy (non-hydrogen) atoms. The molecular weight excluding hydrogens is 282 g/mol. The molecule has 0 heterocycles. The van der Waals surface area contributed by atoms with Gasteiger partial charge in [-0.2, -0.15) is 4.31 Å². The van der Waals surface area contributed by atoms with Gasteiger partial charge < -0.3 is 0 Å². The Bertz CT molecular complexity index is 547. The average molecular weight is 300 g/mol. The molecule has 2 saturated carbocycles. The highest BCUT2D eigenvalue weighted by molar-refractivity contribution is 7.89. The fourth-order valence-electron chi connectivity index (χ4n) is 2.25. The van der Waals surface area contributed by atoms with Crippen molar-refractivity contribution < 1.29 is 8.42 Å². The number of hydrogen-bond donors (Lipinski definition) is 0. The van der Waals surface area contributed by atoms with Gasteiger partial charge in [0.15, 0.2) is 0 Å². The molecule has 0 spiro atoms. The summed E-state index contributed by atoms with van der Waals surface area (Å²) >= 11 is 5.73. The third-order valence-electron chi connectivity index (χ3n) is 3.77. The number of hydrogen-bond acceptors (Lipinski definition) is 2. The topological polar surface area (TPSA) is 37.4 Å². The van der Waals surface area contributed by atoms with Gasteiger partial charge in [0.2, 0.25) is 10.0 Å². The molecule has 0 aliphatic heterocycles. The van der Waals surface area contributed by atoms with Crippen molar-refractivity contribution in [3.05, 3.63) is 29.8 Å². The summed E-state index contributed by atoms with van der Waals surface area (Å²) in [5, 5.41) is 0. The van der Waals surface area contributed by atoms with E-state index >= 15 is 0 Å². The van der Waals surface area contributed by atoms with Crippen LogP contribution in [0.15, 0.2) is 29.2 Å². The first-order chi connectivity index (χ1) is 9.11. The number of halogens is 1. The van der Waals surface area contributed by atoms with E-state index in [-0.39, 0.29) is 6.04 Å². The summed E-state index contributed by atoms with van der Waals surface area (Å²) in [7, 11) is -3.33. The van der Waals surface area contributed by atoms with Gasteiger partial charge in [-0.25, -0.2) is 8.42 Å². The summed E-state index contributed by atoms with van der Waals surface area (Å²) in [6.45, 7) is 0.699. The third-order valence-corrected chi connectivity index (χ3v) is 6.01. The Labute approximate surface area is 119 Å². The fraction of sp³-hybridized carbons (Fsp3) is 0.571. The Morgan fingerprint density at radius 1 is 1.11 bits per heavy atom. The molecule has 0 amide bonds. The Balaban J connectivity index is 1.85. The molecule has 5 heteroatoms. The normalized spacial score (nSPS) is 19.9. The van der Waals surface area contributed by atoms with Crippen molar-refractivity contribution in [2.45, 2.75) is 42.5 Å². The van der Waals surface area contributed by atoms with Gasteiger partial charge in [0.25, 0.3) is 0 Å². The molecule has 1 aromatic rings. The van der Waals surface area contributed by atoms with Gasteiger partial charge in [-0.1, -0.05) is 12.1 Å². The van der Waals surface area contributed by atoms with E-state index in [0.29, 0.717) is 23.2 Å². The predicted octanol–water partition coefficient (Wildman–Crippen LogP) is 2.99. The summed E-state index contributed by atoms with van der Waals surface area (Å²) in [5.74, 6) is 0.992. The van der Waals surface area contributed by atoms with Crippen molar-refractivity contribution in [1.82, 2.24) is 4.31 Å². The van der Waals surface area contributed by atoms with Gasteiger partial charge in [0.1, 0.15) is 0 Å². The molecule has 2 aliphatic carbocycles. The summed E-state index contributed by atoms with van der Waals surface area (Å²) < 4.78 is 27.1. The summed E-state index contributed by atoms with van der Waals surface area (Å²) in [6, 6.07) is 7.17. The molecule has 1 aromatic carbocycles. The van der Waals surface area contributed by atoms with Gasteiger partial charge in [0.05, 0.1) is 4.90 Å². The van der Waals surface area contributed by atoms with Crippen molar-refractivity contribution >= 4 is 21.6 Å². The van der Waals surface area contributed by atoms with Crippen LogP contribution < -0.4 is 0 Å². The molecule has 0 atom stereocenters. The van der Waals surface area contributed by atoms with Crippen LogP contribution in [0.5, 0.6) is 0 Å². The van der Waals surface area contributed by atoms with E-state index < -0.39 is 10.0 Å². The summed E-state index contributed by atoms with van der Waals surface area (Å²) in [6.07, 6.45) is 4.35. The Hall–Kier alpha value is -0.580. The smallest absolute Gasteiger partial charge is 0.207 e. The molecule has 3 rings (SSSR count). The predicted molar refractivity (Wildman–Crippen MR) is 75.6 cm³/mol. The van der Waals surface area contributed by atoms with E-state index in [2.05, 4.69) is 0 Å². The molecule has 0 aromatic heterocycles. The first kappa shape index (κ1) is 13.4. The zero-order chi connectivity index (χ0) is 13.5. The van der Waals surface area contributed by atoms with E-state index in [9.17, 15) is 8.42 Å². The lowest BCUT2D eigenvalue weighted by molar-refractivity contribution is 0.389. The van der Waals surface area contributed by atoms with Crippen LogP contribution in [0.25, 0.3) is 0 Å². The van der Waals surface area contributed by atoms with Gasteiger partial charge >= 0.3 is 0 Å². The van der Waals surface area contributed by atoms with Gasteiger partial charge in [0, 0.05) is 18.5 Å². The molecule has 2 fully saturated rings. The maximum Gasteiger partial charge on any atom is 0.243 e. The molecule has 0 N–H and O–H groups in total. The Morgan fingerprint density at radius 3 is 2.21 bits per heavy atom. The quantitative estimate of drug-likeness (QED) is 0.757. The van der Waals surface area contributed by atoms with Crippen molar-refractivity contribution in [2.24, 2.45) is 5.92 Å². The lowest BCUT2D eigenvalue weighted by atomic mass is 10.2. The van der Waals surface area contributed by atoms with Crippen LogP contribution in [0.1, 0.15) is 31.2 Å². The van der Waals surface area contributed by atoms with Crippen LogP contribution in [-0.4, -0.2) is 25.3 Å². The molecule has 104 valence electrons. The zero-order valence-electron chi connectivity index (χ0n) is 10.8. The number of alkyl halides is 1. The lowest BCUT2D eigenvalue weighted by Gasteiger charge is -2.21. The molecule has 0 bridgehead atoms. The fourth-order valence-corrected chi connectivity index (χ4v) is 4.19. The minimum Gasteiger partial charge on any atom is -0.207 e. The van der Waals surface area contributed by atoms with Crippen LogP contribution in [0.4, 0.5) is 0 Å². The third kappa shape index (κ3) is 2.96. The minimum absolute atomic E-state index is 0.235. The van der Waals surface area contributed by atoms with Crippen molar-refractivity contribution in [1.29, 1.82) is 0 Å². The second-order valence-electron chi connectivity index (χ2n) is 5.53. The van der Waals surface area contributed by atoms with Crippen LogP contribution in [0.3, 0.4) is 0 Å². The second kappa shape index (κ2) is 5.08. The van der Waals surface area contributed by atoms with E-state index in [0.717, 1.165) is 18.4 Å². The maximum absolute atomic E-state index is 12.7. The SMILES string of the molecule is O=S(=O)(c1ccc(CCl)cc1)N(CC1CC1)C1CC1. The monoisotopic (exact) mass is 299 g/mol. The highest BCUT2D eigenvalue weighted by atomic mass is 35.5. The second-order valence-corrected chi connectivity index (χ2v) is 7.68. The van der Waals surface area contributed by atoms with E-state index in [1.165, 1.54) is 12.8 Å². The van der Waals surface area contributed by atoms with Crippen molar-refractivity contribution in [3.8, 4) is 0 Å². The Morgan fingerprint density at radius 2 is 1.74 bits per heavy atom. The van der Waals surface area contributed by atoms with Gasteiger partial charge in [-0.15, -0.1) is 11.6 Å². The number of rotatable bonds is 6. The molecule has 0 unspecified atom stereocenters. The number of benzene rings is 1. The molecule has 3 nitrogen and oxygen atoms in total. The first-order valence-electron chi connectivity index (χ1n) is 6.78. The standard InChI is InChI=1S/C14H18ClNO2S/c15-9-11-3-7-14(8-4-11)19(17,18)16(13-5-6-13)10-12-1-2-12/h3-4,7-8,12-13H,1-2,5-6,9-10H2. The summed E-state index contributed by atoms with van der Waals surface area (Å²) in [4.78, 5) is 0.397. The minimum atomic E-state index is -3.33. The van der Waals surface area contributed by atoms with Crippen LogP contribution >= 0.6 is 11.6 Å². The highest BCUT2D eigenvalue weighted by Gasteiger charge is 2.40. The first-order valence-corrected chi connectivity index (χ1v) is 8.75.